The third-order valence-corrected chi connectivity index (χ3v) is 3.47. The third kappa shape index (κ3) is 5.99. The Morgan fingerprint density at radius 3 is 2.36 bits per heavy atom. The van der Waals surface area contributed by atoms with Crippen LogP contribution in [0.1, 0.15) is 18.4 Å². The van der Waals surface area contributed by atoms with Gasteiger partial charge in [0.05, 0.1) is 20.8 Å². The summed E-state index contributed by atoms with van der Waals surface area (Å²) < 4.78 is 34.1. The zero-order valence-corrected chi connectivity index (χ0v) is 14.3. The van der Waals surface area contributed by atoms with Gasteiger partial charge in [0, 0.05) is 6.42 Å². The maximum Gasteiger partial charge on any atom is 0.306 e. The molecular formula is C19H21FO5. The van der Waals surface area contributed by atoms with Crippen molar-refractivity contribution in [2.24, 2.45) is 0 Å². The molecule has 0 heterocycles. The number of rotatable bonds is 9. The van der Waals surface area contributed by atoms with Crippen molar-refractivity contribution in [3.63, 3.8) is 0 Å². The van der Waals surface area contributed by atoms with Crippen LogP contribution in [0.25, 0.3) is 0 Å². The highest BCUT2D eigenvalue weighted by Gasteiger charge is 2.07. The molecule has 0 N–H and O–H groups in total. The summed E-state index contributed by atoms with van der Waals surface area (Å²) in [7, 11) is 2.99. The largest absolute Gasteiger partial charge is 0.497 e. The molecule has 0 amide bonds. The van der Waals surface area contributed by atoms with E-state index in [4.69, 9.17) is 18.9 Å². The minimum atomic E-state index is -0.482. The van der Waals surface area contributed by atoms with Crippen molar-refractivity contribution in [3.8, 4) is 17.2 Å². The second kappa shape index (κ2) is 9.52. The first-order valence-corrected chi connectivity index (χ1v) is 7.87. The lowest BCUT2D eigenvalue weighted by Gasteiger charge is -2.08. The molecule has 0 aliphatic carbocycles. The molecule has 0 bridgehead atoms. The summed E-state index contributed by atoms with van der Waals surface area (Å²) in [6.45, 7) is 0.428. The minimum absolute atomic E-state index is 0.0269. The summed E-state index contributed by atoms with van der Waals surface area (Å²) >= 11 is 0. The molecule has 0 unspecified atom stereocenters. The molecule has 5 nitrogen and oxygen atoms in total. The molecule has 0 fully saturated rings. The second-order valence-electron chi connectivity index (χ2n) is 5.26. The van der Waals surface area contributed by atoms with E-state index in [1.165, 1.54) is 19.2 Å². The second-order valence-corrected chi connectivity index (χ2v) is 5.26. The Kier molecular flexibility index (Phi) is 7.07. The van der Waals surface area contributed by atoms with Gasteiger partial charge in [0.1, 0.15) is 18.1 Å². The van der Waals surface area contributed by atoms with Gasteiger partial charge in [-0.05, 0) is 48.4 Å². The summed E-state index contributed by atoms with van der Waals surface area (Å²) in [6.07, 6.45) is 0.761. The van der Waals surface area contributed by atoms with Crippen LogP contribution in [0.3, 0.4) is 0 Å². The van der Waals surface area contributed by atoms with Gasteiger partial charge >= 0.3 is 5.97 Å². The van der Waals surface area contributed by atoms with Crippen molar-refractivity contribution >= 4 is 5.97 Å². The Morgan fingerprint density at radius 2 is 1.72 bits per heavy atom. The van der Waals surface area contributed by atoms with Gasteiger partial charge in [0.15, 0.2) is 11.6 Å². The van der Waals surface area contributed by atoms with Crippen LogP contribution in [0.15, 0.2) is 42.5 Å². The van der Waals surface area contributed by atoms with Gasteiger partial charge in [-0.3, -0.25) is 4.79 Å². The van der Waals surface area contributed by atoms with Crippen LogP contribution in [0.2, 0.25) is 0 Å². The predicted molar refractivity (Wildman–Crippen MR) is 90.5 cm³/mol. The summed E-state index contributed by atoms with van der Waals surface area (Å²) in [6, 6.07) is 11.7. The van der Waals surface area contributed by atoms with Crippen molar-refractivity contribution in [1.29, 1.82) is 0 Å². The number of benzene rings is 2. The number of esters is 1. The van der Waals surface area contributed by atoms with Gasteiger partial charge in [-0.2, -0.15) is 0 Å². The Labute approximate surface area is 146 Å². The van der Waals surface area contributed by atoms with Gasteiger partial charge < -0.3 is 18.9 Å². The number of halogens is 1. The van der Waals surface area contributed by atoms with Gasteiger partial charge in [0.2, 0.25) is 0 Å². The number of carbonyl (C=O) groups excluding carboxylic acids is 1. The van der Waals surface area contributed by atoms with Crippen molar-refractivity contribution in [2.75, 3.05) is 20.8 Å². The van der Waals surface area contributed by atoms with E-state index in [-0.39, 0.29) is 24.7 Å². The fourth-order valence-electron chi connectivity index (χ4n) is 2.11. The smallest absolute Gasteiger partial charge is 0.306 e. The first-order valence-electron chi connectivity index (χ1n) is 7.87. The molecular weight excluding hydrogens is 327 g/mol. The highest BCUT2D eigenvalue weighted by molar-refractivity contribution is 5.69. The van der Waals surface area contributed by atoms with Crippen LogP contribution in [-0.4, -0.2) is 26.8 Å². The quantitative estimate of drug-likeness (QED) is 0.510. The standard InChI is InChI=1S/C19H21FO5/c1-22-15-6-8-16(9-7-15)24-11-3-4-19(21)25-13-14-5-10-18(23-2)17(20)12-14/h5-10,12H,3-4,11,13H2,1-2H3. The number of ether oxygens (including phenoxy) is 4. The molecule has 0 saturated carbocycles. The zero-order chi connectivity index (χ0) is 18.1. The SMILES string of the molecule is COc1ccc(OCCCC(=O)OCc2ccc(OC)c(F)c2)cc1. The number of carbonyl (C=O) groups is 1. The van der Waals surface area contributed by atoms with Gasteiger partial charge in [-0.25, -0.2) is 4.39 Å². The van der Waals surface area contributed by atoms with Crippen LogP contribution in [0.4, 0.5) is 4.39 Å². The van der Waals surface area contributed by atoms with Crippen LogP contribution in [0, 0.1) is 5.82 Å². The average molecular weight is 348 g/mol. The molecule has 0 spiro atoms. The summed E-state index contributed by atoms with van der Waals surface area (Å²) in [5, 5.41) is 0. The normalized spacial score (nSPS) is 10.2. The van der Waals surface area contributed by atoms with E-state index in [0.717, 1.165) is 5.75 Å². The number of methoxy groups -OCH3 is 2. The number of hydrogen-bond donors (Lipinski definition) is 0. The van der Waals surface area contributed by atoms with Crippen molar-refractivity contribution < 1.29 is 28.1 Å². The van der Waals surface area contributed by atoms with Crippen molar-refractivity contribution in [3.05, 3.63) is 53.8 Å². The lowest BCUT2D eigenvalue weighted by atomic mass is 10.2. The summed E-state index contributed by atoms with van der Waals surface area (Å²) in [5.41, 5.74) is 0.570. The maximum absolute atomic E-state index is 13.5. The molecule has 0 radical (unpaired) electrons. The molecule has 25 heavy (non-hydrogen) atoms. The molecule has 134 valence electrons. The van der Waals surface area contributed by atoms with Crippen LogP contribution in [0.5, 0.6) is 17.2 Å². The zero-order valence-electron chi connectivity index (χ0n) is 14.3. The topological polar surface area (TPSA) is 54.0 Å². The third-order valence-electron chi connectivity index (χ3n) is 3.47. The lowest BCUT2D eigenvalue weighted by Crippen LogP contribution is -2.07. The molecule has 2 rings (SSSR count). The molecule has 0 aliphatic rings. The lowest BCUT2D eigenvalue weighted by molar-refractivity contribution is -0.145. The van der Waals surface area contributed by atoms with Crippen LogP contribution >= 0.6 is 0 Å². The number of hydrogen-bond acceptors (Lipinski definition) is 5. The summed E-state index contributed by atoms with van der Waals surface area (Å²) in [5.74, 6) is 0.790. The van der Waals surface area contributed by atoms with Gasteiger partial charge in [0.25, 0.3) is 0 Å². The molecule has 0 aromatic heterocycles. The average Bonchev–Trinajstić information content (AvgIpc) is 2.64. The van der Waals surface area contributed by atoms with E-state index in [2.05, 4.69) is 0 Å². The Balaban J connectivity index is 1.66. The molecule has 0 atom stereocenters. The van der Waals surface area contributed by atoms with E-state index >= 15 is 0 Å². The molecule has 0 aliphatic heterocycles. The van der Waals surface area contributed by atoms with Crippen LogP contribution < -0.4 is 14.2 Å². The maximum atomic E-state index is 13.5. The molecule has 0 saturated heterocycles. The fourth-order valence-corrected chi connectivity index (χ4v) is 2.11. The molecule has 6 heteroatoms. The van der Waals surface area contributed by atoms with Gasteiger partial charge in [-0.1, -0.05) is 6.07 Å². The van der Waals surface area contributed by atoms with E-state index in [1.807, 2.05) is 0 Å². The minimum Gasteiger partial charge on any atom is -0.497 e. The Bertz CT molecular complexity index is 685. The van der Waals surface area contributed by atoms with E-state index < -0.39 is 5.82 Å². The fraction of sp³-hybridized carbons (Fsp3) is 0.316. The van der Waals surface area contributed by atoms with E-state index in [1.54, 1.807) is 37.4 Å². The van der Waals surface area contributed by atoms with E-state index in [0.29, 0.717) is 24.3 Å². The summed E-state index contributed by atoms with van der Waals surface area (Å²) in [4.78, 5) is 11.7. The van der Waals surface area contributed by atoms with Crippen molar-refractivity contribution in [1.82, 2.24) is 0 Å². The predicted octanol–water partition coefficient (Wildman–Crippen LogP) is 3.75. The first kappa shape index (κ1) is 18.6. The highest BCUT2D eigenvalue weighted by atomic mass is 19.1. The Hall–Kier alpha value is -2.76. The first-order chi connectivity index (χ1) is 12.1. The molecule has 2 aromatic rings. The highest BCUT2D eigenvalue weighted by Crippen LogP contribution is 2.19. The monoisotopic (exact) mass is 348 g/mol. The Morgan fingerprint density at radius 1 is 1.00 bits per heavy atom. The van der Waals surface area contributed by atoms with E-state index in [9.17, 15) is 9.18 Å². The van der Waals surface area contributed by atoms with Gasteiger partial charge in [-0.15, -0.1) is 0 Å². The van der Waals surface area contributed by atoms with Crippen molar-refractivity contribution in [2.45, 2.75) is 19.4 Å². The van der Waals surface area contributed by atoms with Crippen LogP contribution in [-0.2, 0) is 16.1 Å². The molecule has 2 aromatic carbocycles.